The van der Waals surface area contributed by atoms with Gasteiger partial charge in [-0.1, -0.05) is 12.1 Å². The Labute approximate surface area is 439 Å². The van der Waals surface area contributed by atoms with Gasteiger partial charge < -0.3 is 44.7 Å². The maximum atomic E-state index is 13.6. The molecule has 0 aliphatic rings. The van der Waals surface area contributed by atoms with Crippen molar-refractivity contribution >= 4 is 57.4 Å². The number of methoxy groups -OCH3 is 2. The third-order valence-electron chi connectivity index (χ3n) is 12.2. The molecule has 0 radical (unpaired) electrons. The van der Waals surface area contributed by atoms with E-state index in [0.29, 0.717) is 34.4 Å². The second-order valence-corrected chi connectivity index (χ2v) is 17.4. The summed E-state index contributed by atoms with van der Waals surface area (Å²) in [5, 5.41) is 20.5. The number of alkyl halides is 6. The van der Waals surface area contributed by atoms with E-state index < -0.39 is 79.8 Å². The lowest BCUT2D eigenvalue weighted by Gasteiger charge is -2.23. The molecule has 15 nitrogen and oxygen atoms in total. The normalized spacial score (nSPS) is 11.4. The van der Waals surface area contributed by atoms with Crippen molar-refractivity contribution in [2.24, 2.45) is 5.41 Å². The van der Waals surface area contributed by atoms with Gasteiger partial charge in [0.25, 0.3) is 11.8 Å². The monoisotopic (exact) mass is 1090 g/mol. The molecule has 0 aliphatic heterocycles. The highest BCUT2D eigenvalue weighted by Crippen LogP contribution is 2.42. The van der Waals surface area contributed by atoms with Gasteiger partial charge in [-0.2, -0.15) is 23.1 Å². The van der Waals surface area contributed by atoms with Crippen molar-refractivity contribution < 1.29 is 77.7 Å². The maximum Gasteiger partial charge on any atom is 0.405 e. The summed E-state index contributed by atoms with van der Waals surface area (Å²) in [5.74, 6) is -3.49. The number of ether oxygens (including phenoxy) is 2. The number of benzene rings is 4. The van der Waals surface area contributed by atoms with Crippen molar-refractivity contribution in [3.05, 3.63) is 131 Å². The van der Waals surface area contributed by atoms with Gasteiger partial charge in [-0.15, -0.1) is 0 Å². The number of carboxylic acids is 1. The van der Waals surface area contributed by atoms with Crippen LogP contribution in [0.15, 0.2) is 106 Å². The highest BCUT2D eigenvalue weighted by Gasteiger charge is 2.36. The van der Waals surface area contributed by atoms with Crippen LogP contribution in [-0.2, 0) is 0 Å². The second kappa shape index (κ2) is 23.9. The molecule has 8 rings (SSSR count). The van der Waals surface area contributed by atoms with E-state index in [9.17, 15) is 59.4 Å². The van der Waals surface area contributed by atoms with Crippen LogP contribution in [-0.4, -0.2) is 106 Å². The summed E-state index contributed by atoms with van der Waals surface area (Å²) in [6.07, 6.45) is -5.52. The molecule has 23 heteroatoms. The number of furan rings is 2. The molecule has 0 saturated heterocycles. The number of nitrogens with zero attached hydrogens (tertiary/aromatic N) is 2. The molecule has 0 saturated carbocycles. The average Bonchev–Trinajstić information content (AvgIpc) is 4.24. The van der Waals surface area contributed by atoms with Crippen molar-refractivity contribution in [2.75, 3.05) is 72.1 Å². The first-order chi connectivity index (χ1) is 37.3. The molecule has 0 atom stereocenters. The SMILES string of the molecule is CCNc1nc2oc(-c3ccc(F)cc3)c(C(=O)NC)c2cc1-c1ccc(OC)c(C(=O)O)c1.CNC(=O)c1c(-c2ccc(F)cc2)oc2nc(NCC(F)(F)F)c(-c3ccc(OC)c(C(=O)CC(CF)(CF)CF)c3)cc12. The van der Waals surface area contributed by atoms with E-state index in [4.69, 9.17) is 18.3 Å². The van der Waals surface area contributed by atoms with Crippen LogP contribution in [0.2, 0.25) is 0 Å². The van der Waals surface area contributed by atoms with E-state index in [1.165, 1.54) is 95.0 Å². The van der Waals surface area contributed by atoms with Crippen LogP contribution in [0.1, 0.15) is 54.8 Å². The van der Waals surface area contributed by atoms with E-state index in [1.54, 1.807) is 18.2 Å². The van der Waals surface area contributed by atoms with Gasteiger partial charge in [-0.05, 0) is 103 Å². The number of rotatable bonds is 19. The predicted molar refractivity (Wildman–Crippen MR) is 275 cm³/mol. The summed E-state index contributed by atoms with van der Waals surface area (Å²) < 4.78 is 130. The molecular weight excluding hydrogens is 1040 g/mol. The number of aromatic carboxylic acids is 1. The topological polar surface area (TPSA) is 207 Å². The highest BCUT2D eigenvalue weighted by molar-refractivity contribution is 6.13. The molecule has 0 aliphatic carbocycles. The highest BCUT2D eigenvalue weighted by atomic mass is 19.4. The molecule has 2 amide bonds. The van der Waals surface area contributed by atoms with Crippen LogP contribution in [0.25, 0.3) is 67.1 Å². The fourth-order valence-electron chi connectivity index (χ4n) is 8.24. The number of Topliss-reactive ketones (excluding diaryl/α,β-unsaturated/α-hetero) is 1. The molecule has 8 aromatic rings. The molecule has 0 spiro atoms. The summed E-state index contributed by atoms with van der Waals surface area (Å²) in [5.41, 5.74) is -0.197. The van der Waals surface area contributed by atoms with Crippen LogP contribution in [0, 0.1) is 17.0 Å². The van der Waals surface area contributed by atoms with Gasteiger partial charge in [0.2, 0.25) is 11.4 Å². The zero-order valence-electron chi connectivity index (χ0n) is 42.1. The molecule has 0 bridgehead atoms. The van der Waals surface area contributed by atoms with Crippen LogP contribution >= 0.6 is 0 Å². The maximum absolute atomic E-state index is 13.6. The quantitative estimate of drug-likeness (QED) is 0.0378. The minimum Gasteiger partial charge on any atom is -0.496 e. The summed E-state index contributed by atoms with van der Waals surface area (Å²) in [7, 11) is 5.47. The third kappa shape index (κ3) is 12.0. The number of ketones is 1. The van der Waals surface area contributed by atoms with Gasteiger partial charge in [-0.3, -0.25) is 27.6 Å². The molecule has 4 aromatic heterocycles. The fourth-order valence-corrected chi connectivity index (χ4v) is 8.24. The second-order valence-electron chi connectivity index (χ2n) is 17.4. The molecule has 5 N–H and O–H groups in total. The van der Waals surface area contributed by atoms with E-state index in [1.807, 2.05) is 6.92 Å². The average molecular weight is 1090 g/mol. The summed E-state index contributed by atoms with van der Waals surface area (Å²) in [6, 6.07) is 22.3. The van der Waals surface area contributed by atoms with Crippen LogP contribution in [0.3, 0.4) is 0 Å². The van der Waals surface area contributed by atoms with Crippen molar-refractivity contribution in [1.82, 2.24) is 20.6 Å². The number of halogens is 8. The number of carboxylic acid groups (broad SMARTS) is 1. The molecule has 4 aromatic carbocycles. The van der Waals surface area contributed by atoms with Crippen molar-refractivity contribution in [3.8, 4) is 56.4 Å². The summed E-state index contributed by atoms with van der Waals surface area (Å²) >= 11 is 0. The Kier molecular flexibility index (Phi) is 17.4. The fraction of sp³-hybridized carbons (Fsp3) is 0.236. The first-order valence-electron chi connectivity index (χ1n) is 23.5. The smallest absolute Gasteiger partial charge is 0.405 e. The number of aromatic nitrogens is 2. The minimum atomic E-state index is -4.67. The minimum absolute atomic E-state index is 0.00624. The number of hydrogen-bond acceptors (Lipinski definition) is 12. The third-order valence-corrected chi connectivity index (χ3v) is 12.2. The van der Waals surface area contributed by atoms with Crippen molar-refractivity contribution in [3.63, 3.8) is 0 Å². The van der Waals surface area contributed by atoms with E-state index in [-0.39, 0.29) is 84.6 Å². The standard InChI is InChI=1S/C30H26F7N3O4.C25H22FN3O5/c1-38-27(42)24-21-10-19(17-5-8-23(43-2)20(9-17)22(41)11-29(12-31,13-32)14-33)26(39-15-30(35,36)37)40-28(21)44-25(24)16-3-6-18(34)7-4-16;1-4-28-22-16(14-7-10-19(33-3)17(11-14)25(31)32)12-18-20(23(30)27-2)21(34-24(18)29-22)13-5-8-15(26)9-6-13/h3-10H,11-15H2,1-2H3,(H,38,42)(H,39,40);5-12H,4H2,1-3H3,(H,27,30)(H,28,29)(H,31,32). The lowest BCUT2D eigenvalue weighted by molar-refractivity contribution is -0.115. The number of fused-ring (bicyclic) bond motifs is 2. The number of hydrogen-bond donors (Lipinski definition) is 5. The van der Waals surface area contributed by atoms with Crippen molar-refractivity contribution in [1.29, 1.82) is 0 Å². The van der Waals surface area contributed by atoms with Crippen LogP contribution < -0.4 is 30.7 Å². The molecule has 0 unspecified atom stereocenters. The Morgan fingerprint density at radius 1 is 0.603 bits per heavy atom. The Morgan fingerprint density at radius 2 is 1.01 bits per heavy atom. The van der Waals surface area contributed by atoms with E-state index in [2.05, 4.69) is 31.2 Å². The van der Waals surface area contributed by atoms with Crippen LogP contribution in [0.4, 0.5) is 46.8 Å². The number of carbonyl (C=O) groups excluding carboxylic acids is 3. The predicted octanol–water partition coefficient (Wildman–Crippen LogP) is 11.9. The van der Waals surface area contributed by atoms with Gasteiger partial charge in [-0.25, -0.2) is 13.6 Å². The number of nitrogens with one attached hydrogen (secondary N) is 4. The van der Waals surface area contributed by atoms with E-state index in [0.717, 1.165) is 12.1 Å². The number of anilines is 2. The lowest BCUT2D eigenvalue weighted by Crippen LogP contribution is -2.31. The van der Waals surface area contributed by atoms with Gasteiger partial charge in [0, 0.05) is 49.3 Å². The zero-order chi connectivity index (χ0) is 56.6. The van der Waals surface area contributed by atoms with Crippen molar-refractivity contribution in [2.45, 2.75) is 19.5 Å². The number of pyridine rings is 2. The van der Waals surface area contributed by atoms with Crippen LogP contribution in [0.5, 0.6) is 11.5 Å². The van der Waals surface area contributed by atoms with E-state index >= 15 is 0 Å². The summed E-state index contributed by atoms with van der Waals surface area (Å²) in [4.78, 5) is 59.6. The largest absolute Gasteiger partial charge is 0.496 e. The Bertz CT molecular complexity index is 3520. The molecule has 78 heavy (non-hydrogen) atoms. The van der Waals surface area contributed by atoms with Gasteiger partial charge in [0.05, 0.1) is 47.1 Å². The lowest BCUT2D eigenvalue weighted by atomic mass is 9.84. The van der Waals surface area contributed by atoms with Gasteiger partial charge in [0.15, 0.2) is 5.78 Å². The number of carbonyl (C=O) groups is 4. The summed E-state index contributed by atoms with van der Waals surface area (Å²) in [6.45, 7) is -3.41. The molecule has 0 fully saturated rings. The Morgan fingerprint density at radius 3 is 1.40 bits per heavy atom. The van der Waals surface area contributed by atoms with Gasteiger partial charge in [0.1, 0.15) is 78.4 Å². The Balaban J connectivity index is 0.000000233. The first-order valence-corrected chi connectivity index (χ1v) is 23.5. The van der Waals surface area contributed by atoms with Gasteiger partial charge >= 0.3 is 12.1 Å². The number of amides is 2. The molecular formula is C55H48F8N6O9. The zero-order valence-corrected chi connectivity index (χ0v) is 42.1. The Hall–Kier alpha value is -9.02. The molecule has 408 valence electrons. The first kappa shape index (κ1) is 56.7. The molecule has 4 heterocycles.